The zero-order chi connectivity index (χ0) is 41.5. The second kappa shape index (κ2) is 16.5. The van der Waals surface area contributed by atoms with Gasteiger partial charge in [0.2, 0.25) is 33.6 Å². The molecule has 2 aromatic carbocycles. The number of nitrogens with one attached hydrogen (secondary N) is 1. The van der Waals surface area contributed by atoms with E-state index in [1.807, 2.05) is 75.4 Å². The summed E-state index contributed by atoms with van der Waals surface area (Å²) >= 11 is 0. The van der Waals surface area contributed by atoms with Gasteiger partial charge in [-0.15, -0.1) is 0 Å². The van der Waals surface area contributed by atoms with Gasteiger partial charge in [-0.3, -0.25) is 19.1 Å². The second-order valence-electron chi connectivity index (χ2n) is 17.3. The summed E-state index contributed by atoms with van der Waals surface area (Å²) in [5.41, 5.74) is 1.98. The predicted molar refractivity (Wildman–Crippen MR) is 223 cm³/mol. The van der Waals surface area contributed by atoms with Gasteiger partial charge in [0.1, 0.15) is 23.8 Å². The topological polar surface area (TPSA) is 158 Å². The van der Waals surface area contributed by atoms with Gasteiger partial charge in [0.15, 0.2) is 5.78 Å². The SMILES string of the molecule is COc1ccc2c(O[C@@H]3C[C@H]4C(=O)C[C@]5(C(=O)NS(=O)(=O)C6CC6)C[C@H]5/C=C\CCCCC[C@H](Cc5ccccc5)C(=O)N4C3)nc(-c3nc(C(C)C)co3)cc2c1C. The number of benzene rings is 2. The van der Waals surface area contributed by atoms with E-state index in [-0.39, 0.29) is 48.8 Å². The van der Waals surface area contributed by atoms with E-state index in [2.05, 4.69) is 10.8 Å². The number of hydrogen-bond acceptors (Lipinski definition) is 10. The van der Waals surface area contributed by atoms with Crippen LogP contribution in [-0.2, 0) is 30.8 Å². The Morgan fingerprint density at radius 1 is 1.03 bits per heavy atom. The van der Waals surface area contributed by atoms with Crippen molar-refractivity contribution in [2.75, 3.05) is 13.7 Å². The van der Waals surface area contributed by atoms with Gasteiger partial charge in [0.05, 0.1) is 36.1 Å². The first-order valence-electron chi connectivity index (χ1n) is 21.1. The van der Waals surface area contributed by atoms with Gasteiger partial charge >= 0.3 is 0 Å². The number of Topliss-reactive ketones (excluding diaryl/α,β-unsaturated/α-hetero) is 1. The van der Waals surface area contributed by atoms with Crippen molar-refractivity contribution in [3.8, 4) is 23.2 Å². The molecular weight excluding hydrogens is 769 g/mol. The smallest absolute Gasteiger partial charge is 0.245 e. The summed E-state index contributed by atoms with van der Waals surface area (Å²) in [5.74, 6) is -0.190. The number of oxazole rings is 1. The molecule has 59 heavy (non-hydrogen) atoms. The number of rotatable bonds is 10. The number of sulfonamides is 1. The Kier molecular flexibility index (Phi) is 11.4. The van der Waals surface area contributed by atoms with E-state index in [1.165, 1.54) is 0 Å². The average Bonchev–Trinajstić information content (AvgIpc) is 4.09. The minimum Gasteiger partial charge on any atom is -0.496 e. The molecule has 8 rings (SSSR count). The van der Waals surface area contributed by atoms with E-state index in [0.29, 0.717) is 55.3 Å². The summed E-state index contributed by atoms with van der Waals surface area (Å²) in [4.78, 5) is 54.9. The Hall–Kier alpha value is -5.04. The summed E-state index contributed by atoms with van der Waals surface area (Å²) in [5, 5.41) is 0.982. The van der Waals surface area contributed by atoms with Crippen molar-refractivity contribution < 1.29 is 36.7 Å². The monoisotopic (exact) mass is 822 g/mol. The largest absolute Gasteiger partial charge is 0.496 e. The molecule has 0 unspecified atom stereocenters. The van der Waals surface area contributed by atoms with Crippen LogP contribution in [0, 0.1) is 24.2 Å². The molecule has 2 amide bonds. The molecule has 5 atom stereocenters. The minimum absolute atomic E-state index is 0.124. The zero-order valence-corrected chi connectivity index (χ0v) is 35.1. The van der Waals surface area contributed by atoms with Gasteiger partial charge in [0, 0.05) is 24.1 Å². The van der Waals surface area contributed by atoms with Crippen LogP contribution in [0.5, 0.6) is 11.6 Å². The fourth-order valence-corrected chi connectivity index (χ4v) is 10.3. The standard InChI is InChI=1S/C46H54N4O8S/c1-28(2)38-27-57-43(48-38)37-23-36-29(3)41(56-4)20-19-35(36)42(47-37)58-33-22-39-40(51)25-46(45(53)49-59(54,55)34-17-18-34)24-32(46)16-12-7-5-6-11-15-31(44(52)50(39)26-33)21-30-13-9-8-10-14-30/h8-10,12-14,16,19-20,23,27-28,31-34,39H,5-7,11,15,17-18,21-22,24-26H2,1-4H3,(H,49,53)/b16-12-/t31-,32-,33-,39+,46-/m1/s1. The molecule has 2 aromatic heterocycles. The van der Waals surface area contributed by atoms with Crippen LogP contribution in [0.25, 0.3) is 22.4 Å². The fraction of sp³-hybridized carbons (Fsp3) is 0.500. The van der Waals surface area contributed by atoms with Crippen LogP contribution in [-0.4, -0.2) is 71.9 Å². The summed E-state index contributed by atoms with van der Waals surface area (Å²) in [6.45, 7) is 6.17. The maximum absolute atomic E-state index is 14.9. The number of carbonyl (C=O) groups is 3. The van der Waals surface area contributed by atoms with Gasteiger partial charge in [0.25, 0.3) is 0 Å². The molecule has 3 fully saturated rings. The van der Waals surface area contributed by atoms with Crippen molar-refractivity contribution in [1.82, 2.24) is 19.6 Å². The molecular formula is C46H54N4O8S. The third kappa shape index (κ3) is 8.53. The normalized spacial score (nSPS) is 25.8. The molecule has 4 aliphatic rings. The molecule has 2 aliphatic carbocycles. The number of nitrogens with zero attached hydrogens (tertiary/aromatic N) is 3. The Balaban J connectivity index is 1.15. The summed E-state index contributed by atoms with van der Waals surface area (Å²) in [6.07, 6.45) is 11.1. The number of ketones is 1. The molecule has 312 valence electrons. The number of aromatic nitrogens is 2. The van der Waals surface area contributed by atoms with E-state index in [1.54, 1.807) is 18.3 Å². The Bertz CT molecular complexity index is 2370. The lowest BCUT2D eigenvalue weighted by molar-refractivity contribution is -0.142. The lowest BCUT2D eigenvalue weighted by Gasteiger charge is -2.29. The highest BCUT2D eigenvalue weighted by Gasteiger charge is 2.61. The third-order valence-corrected chi connectivity index (χ3v) is 14.5. The molecule has 4 aromatic rings. The number of allylic oxidation sites excluding steroid dienone is 2. The first kappa shape index (κ1) is 40.7. The molecule has 4 heterocycles. The van der Waals surface area contributed by atoms with Gasteiger partial charge < -0.3 is 18.8 Å². The summed E-state index contributed by atoms with van der Waals surface area (Å²) in [7, 11) is -2.21. The zero-order valence-electron chi connectivity index (χ0n) is 34.3. The van der Waals surface area contributed by atoms with Crippen LogP contribution >= 0.6 is 0 Å². The molecule has 13 heteroatoms. The van der Waals surface area contributed by atoms with Crippen molar-refractivity contribution in [3.05, 3.63) is 83.8 Å². The molecule has 12 nitrogen and oxygen atoms in total. The number of methoxy groups -OCH3 is 1. The van der Waals surface area contributed by atoms with Crippen LogP contribution in [0.2, 0.25) is 0 Å². The van der Waals surface area contributed by atoms with Gasteiger partial charge in [-0.1, -0.05) is 69.2 Å². The quantitative estimate of drug-likeness (QED) is 0.158. The molecule has 1 saturated heterocycles. The van der Waals surface area contributed by atoms with Crippen molar-refractivity contribution in [3.63, 3.8) is 0 Å². The van der Waals surface area contributed by atoms with E-state index in [0.717, 1.165) is 53.3 Å². The van der Waals surface area contributed by atoms with Crippen LogP contribution in [0.3, 0.4) is 0 Å². The second-order valence-corrected chi connectivity index (χ2v) is 19.2. The van der Waals surface area contributed by atoms with Crippen molar-refractivity contribution in [2.45, 2.75) is 115 Å². The molecule has 0 radical (unpaired) electrons. The predicted octanol–water partition coefficient (Wildman–Crippen LogP) is 7.63. The van der Waals surface area contributed by atoms with Crippen molar-refractivity contribution in [2.24, 2.45) is 17.3 Å². The molecule has 0 bridgehead atoms. The minimum atomic E-state index is -3.83. The van der Waals surface area contributed by atoms with Gasteiger partial charge in [-0.05, 0) is 98.4 Å². The van der Waals surface area contributed by atoms with E-state index >= 15 is 0 Å². The Labute approximate surface area is 346 Å². The van der Waals surface area contributed by atoms with E-state index < -0.39 is 38.7 Å². The first-order chi connectivity index (χ1) is 28.4. The van der Waals surface area contributed by atoms with Crippen LogP contribution in [0.15, 0.2) is 71.4 Å². The average molecular weight is 823 g/mol. The first-order valence-corrected chi connectivity index (χ1v) is 22.6. The summed E-state index contributed by atoms with van der Waals surface area (Å²) in [6, 6.07) is 14.7. The van der Waals surface area contributed by atoms with Gasteiger partial charge in [-0.2, -0.15) is 0 Å². The third-order valence-electron chi connectivity index (χ3n) is 12.7. The van der Waals surface area contributed by atoms with E-state index in [4.69, 9.17) is 23.9 Å². The Morgan fingerprint density at radius 3 is 2.56 bits per heavy atom. The number of ether oxygens (including phenoxy) is 2. The molecule has 0 spiro atoms. The van der Waals surface area contributed by atoms with Crippen LogP contribution < -0.4 is 14.2 Å². The van der Waals surface area contributed by atoms with Crippen LogP contribution in [0.1, 0.15) is 101 Å². The summed E-state index contributed by atoms with van der Waals surface area (Å²) < 4.78 is 46.7. The highest BCUT2D eigenvalue weighted by molar-refractivity contribution is 7.90. The lowest BCUT2D eigenvalue weighted by atomic mass is 9.90. The number of fused-ring (bicyclic) bond motifs is 3. The number of pyridine rings is 1. The molecule has 2 aliphatic heterocycles. The fourth-order valence-electron chi connectivity index (χ4n) is 8.89. The van der Waals surface area contributed by atoms with Crippen molar-refractivity contribution in [1.29, 1.82) is 0 Å². The van der Waals surface area contributed by atoms with Gasteiger partial charge in [-0.25, -0.2) is 18.4 Å². The number of hydrogen-bond donors (Lipinski definition) is 1. The van der Waals surface area contributed by atoms with E-state index in [9.17, 15) is 22.8 Å². The number of carbonyl (C=O) groups excluding carboxylic acids is 3. The highest BCUT2D eigenvalue weighted by Crippen LogP contribution is 2.57. The highest BCUT2D eigenvalue weighted by atomic mass is 32.2. The molecule has 2 saturated carbocycles. The van der Waals surface area contributed by atoms with Crippen LogP contribution in [0.4, 0.5) is 0 Å². The number of aryl methyl sites for hydroxylation is 1. The maximum Gasteiger partial charge on any atom is 0.245 e. The number of amides is 2. The molecule has 1 N–H and O–H groups in total. The van der Waals surface area contributed by atoms with Crippen molar-refractivity contribution >= 4 is 38.4 Å². The Morgan fingerprint density at radius 2 is 1.83 bits per heavy atom. The lowest BCUT2D eigenvalue weighted by Crippen LogP contribution is -2.46. The maximum atomic E-state index is 14.9.